The van der Waals surface area contributed by atoms with Gasteiger partial charge in [0.2, 0.25) is 0 Å². The third kappa shape index (κ3) is 5.08. The predicted octanol–water partition coefficient (Wildman–Crippen LogP) is 4.02. The third-order valence-electron chi connectivity index (χ3n) is 4.22. The molecule has 2 aromatic rings. The second kappa shape index (κ2) is 8.85. The van der Waals surface area contributed by atoms with E-state index in [0.717, 1.165) is 30.4 Å². The van der Waals surface area contributed by atoms with Crippen molar-refractivity contribution in [3.63, 3.8) is 0 Å². The summed E-state index contributed by atoms with van der Waals surface area (Å²) in [5, 5.41) is 2.86. The average molecular weight is 375 g/mol. The zero-order valence-electron chi connectivity index (χ0n) is 15.5. The van der Waals surface area contributed by atoms with Crippen LogP contribution in [0.15, 0.2) is 47.4 Å². The average Bonchev–Trinajstić information content (AvgIpc) is 2.60. The molecule has 1 amide bonds. The van der Waals surface area contributed by atoms with Gasteiger partial charge in [0, 0.05) is 12.1 Å². The number of unbranched alkanes of at least 4 members (excludes halogenated alkanes) is 2. The van der Waals surface area contributed by atoms with E-state index in [-0.39, 0.29) is 10.8 Å². The molecule has 0 radical (unpaired) electrons. The van der Waals surface area contributed by atoms with Gasteiger partial charge in [0.05, 0.1) is 10.6 Å². The Labute approximate surface area is 155 Å². The Morgan fingerprint density at radius 2 is 1.73 bits per heavy atom. The number of para-hydroxylation sites is 1. The quantitative estimate of drug-likeness (QED) is 0.685. The summed E-state index contributed by atoms with van der Waals surface area (Å²) in [6.45, 7) is 6.32. The summed E-state index contributed by atoms with van der Waals surface area (Å²) in [5.74, 6) is -0.244. The fourth-order valence-electron chi connectivity index (χ4n) is 2.58. The van der Waals surface area contributed by atoms with Crippen molar-refractivity contribution in [2.75, 3.05) is 11.3 Å². The number of carbonyl (C=O) groups is 1. The molecule has 5 nitrogen and oxygen atoms in total. The van der Waals surface area contributed by atoms with E-state index in [4.69, 9.17) is 0 Å². The van der Waals surface area contributed by atoms with Crippen LogP contribution in [0, 0.1) is 13.8 Å². The zero-order valence-corrected chi connectivity index (χ0v) is 16.3. The summed E-state index contributed by atoms with van der Waals surface area (Å²) >= 11 is 0. The van der Waals surface area contributed by atoms with Crippen molar-refractivity contribution in [1.82, 2.24) is 5.32 Å². The number of amides is 1. The Morgan fingerprint density at radius 1 is 1.00 bits per heavy atom. The lowest BCUT2D eigenvalue weighted by molar-refractivity contribution is 0.0952. The van der Waals surface area contributed by atoms with Gasteiger partial charge in [-0.05, 0) is 49.6 Å². The molecule has 2 N–H and O–H groups in total. The second-order valence-corrected chi connectivity index (χ2v) is 8.04. The van der Waals surface area contributed by atoms with Gasteiger partial charge in [-0.2, -0.15) is 0 Å². The Kier molecular flexibility index (Phi) is 6.80. The Morgan fingerprint density at radius 3 is 2.42 bits per heavy atom. The van der Waals surface area contributed by atoms with Crippen molar-refractivity contribution in [3.8, 4) is 0 Å². The van der Waals surface area contributed by atoms with E-state index in [1.165, 1.54) is 12.1 Å². The molecular weight excluding hydrogens is 348 g/mol. The molecule has 0 fully saturated rings. The first-order valence-corrected chi connectivity index (χ1v) is 10.3. The minimum absolute atomic E-state index is 0.0741. The lowest BCUT2D eigenvalue weighted by atomic mass is 10.1. The molecule has 0 unspecified atom stereocenters. The highest BCUT2D eigenvalue weighted by Crippen LogP contribution is 2.21. The highest BCUT2D eigenvalue weighted by atomic mass is 32.2. The van der Waals surface area contributed by atoms with Gasteiger partial charge in [-0.15, -0.1) is 0 Å². The first-order valence-electron chi connectivity index (χ1n) is 8.82. The van der Waals surface area contributed by atoms with Gasteiger partial charge < -0.3 is 5.32 Å². The van der Waals surface area contributed by atoms with Crippen molar-refractivity contribution >= 4 is 21.6 Å². The minimum atomic E-state index is -3.77. The third-order valence-corrected chi connectivity index (χ3v) is 5.58. The maximum Gasteiger partial charge on any atom is 0.261 e. The maximum absolute atomic E-state index is 12.7. The van der Waals surface area contributed by atoms with E-state index in [1.807, 2.05) is 19.1 Å². The standard InChI is InChI=1S/C20H26N2O3S/c1-4-5-8-13-21-20(23)18-14-17(12-11-15(18)2)26(24,25)22-19-10-7-6-9-16(19)3/h6-7,9-12,14,22H,4-5,8,13H2,1-3H3,(H,21,23). The van der Waals surface area contributed by atoms with Crippen LogP contribution in [-0.2, 0) is 10.0 Å². The van der Waals surface area contributed by atoms with Crippen LogP contribution in [0.5, 0.6) is 0 Å². The number of carbonyl (C=O) groups excluding carboxylic acids is 1. The van der Waals surface area contributed by atoms with Crippen molar-refractivity contribution < 1.29 is 13.2 Å². The Bertz CT molecular complexity index is 876. The molecule has 0 spiro atoms. The van der Waals surface area contributed by atoms with Gasteiger partial charge in [0.1, 0.15) is 0 Å². The normalized spacial score (nSPS) is 11.2. The minimum Gasteiger partial charge on any atom is -0.352 e. The van der Waals surface area contributed by atoms with Crippen molar-refractivity contribution in [3.05, 3.63) is 59.2 Å². The maximum atomic E-state index is 12.7. The summed E-state index contributed by atoms with van der Waals surface area (Å²) in [6.07, 6.45) is 3.04. The number of anilines is 1. The topological polar surface area (TPSA) is 75.3 Å². The molecule has 0 bridgehead atoms. The van der Waals surface area contributed by atoms with E-state index >= 15 is 0 Å². The predicted molar refractivity (Wildman–Crippen MR) is 105 cm³/mol. The van der Waals surface area contributed by atoms with E-state index in [9.17, 15) is 13.2 Å². The van der Waals surface area contributed by atoms with Crippen LogP contribution in [0.2, 0.25) is 0 Å². The number of rotatable bonds is 8. The van der Waals surface area contributed by atoms with Crippen LogP contribution in [0.25, 0.3) is 0 Å². The second-order valence-electron chi connectivity index (χ2n) is 6.36. The molecule has 0 aliphatic rings. The van der Waals surface area contributed by atoms with Gasteiger partial charge in [0.25, 0.3) is 15.9 Å². The number of hydrogen-bond donors (Lipinski definition) is 2. The van der Waals surface area contributed by atoms with Crippen molar-refractivity contribution in [2.24, 2.45) is 0 Å². The van der Waals surface area contributed by atoms with E-state index < -0.39 is 10.0 Å². The first kappa shape index (κ1) is 20.0. The summed E-state index contributed by atoms with van der Waals surface area (Å²) in [4.78, 5) is 12.5. The van der Waals surface area contributed by atoms with Crippen LogP contribution < -0.4 is 10.0 Å². The molecule has 26 heavy (non-hydrogen) atoms. The SMILES string of the molecule is CCCCCNC(=O)c1cc(S(=O)(=O)Nc2ccccc2C)ccc1C. The molecule has 6 heteroatoms. The molecule has 0 heterocycles. The summed E-state index contributed by atoms with van der Waals surface area (Å²) in [7, 11) is -3.77. The monoisotopic (exact) mass is 374 g/mol. The molecule has 0 atom stereocenters. The Hall–Kier alpha value is -2.34. The number of aryl methyl sites for hydroxylation is 2. The molecule has 2 aromatic carbocycles. The lowest BCUT2D eigenvalue weighted by Crippen LogP contribution is -2.25. The molecule has 140 valence electrons. The number of hydrogen-bond acceptors (Lipinski definition) is 3. The number of benzene rings is 2. The van der Waals surface area contributed by atoms with Crippen LogP contribution >= 0.6 is 0 Å². The van der Waals surface area contributed by atoms with Gasteiger partial charge in [-0.25, -0.2) is 8.42 Å². The molecule has 0 aliphatic heterocycles. The van der Waals surface area contributed by atoms with Gasteiger partial charge in [-0.1, -0.05) is 44.0 Å². The summed E-state index contributed by atoms with van der Waals surface area (Å²) < 4.78 is 28.0. The van der Waals surface area contributed by atoms with E-state index in [1.54, 1.807) is 25.1 Å². The van der Waals surface area contributed by atoms with Crippen LogP contribution in [0.3, 0.4) is 0 Å². The highest BCUT2D eigenvalue weighted by Gasteiger charge is 2.18. The largest absolute Gasteiger partial charge is 0.352 e. The van der Waals surface area contributed by atoms with E-state index in [0.29, 0.717) is 17.8 Å². The Balaban J connectivity index is 2.22. The molecule has 0 saturated carbocycles. The lowest BCUT2D eigenvalue weighted by Gasteiger charge is -2.13. The molecular formula is C20H26N2O3S. The van der Waals surface area contributed by atoms with Crippen LogP contribution in [0.4, 0.5) is 5.69 Å². The number of nitrogens with one attached hydrogen (secondary N) is 2. The smallest absolute Gasteiger partial charge is 0.261 e. The van der Waals surface area contributed by atoms with Gasteiger partial charge in [0.15, 0.2) is 0 Å². The van der Waals surface area contributed by atoms with E-state index in [2.05, 4.69) is 17.0 Å². The molecule has 2 rings (SSSR count). The molecule has 0 aliphatic carbocycles. The molecule has 0 saturated heterocycles. The summed E-state index contributed by atoms with van der Waals surface area (Å²) in [5.41, 5.74) is 2.48. The first-order chi connectivity index (χ1) is 12.3. The zero-order chi connectivity index (χ0) is 19.2. The van der Waals surface area contributed by atoms with Crippen LogP contribution in [-0.4, -0.2) is 20.9 Å². The van der Waals surface area contributed by atoms with Gasteiger partial charge in [-0.3, -0.25) is 9.52 Å². The van der Waals surface area contributed by atoms with Crippen LogP contribution in [0.1, 0.15) is 47.7 Å². The van der Waals surface area contributed by atoms with Gasteiger partial charge >= 0.3 is 0 Å². The number of sulfonamides is 1. The molecule has 0 aromatic heterocycles. The fourth-order valence-corrected chi connectivity index (χ4v) is 3.73. The fraction of sp³-hybridized carbons (Fsp3) is 0.350. The van der Waals surface area contributed by atoms with Crippen molar-refractivity contribution in [2.45, 2.75) is 44.9 Å². The van der Waals surface area contributed by atoms with Crippen molar-refractivity contribution in [1.29, 1.82) is 0 Å². The highest BCUT2D eigenvalue weighted by molar-refractivity contribution is 7.92. The summed E-state index contributed by atoms with van der Waals surface area (Å²) in [6, 6.07) is 11.8.